The SMILES string of the molecule is CC(C)Oc1ncnc(NCCc2nccn2C)c1N. The topological polar surface area (TPSA) is 90.9 Å². The molecule has 0 aliphatic rings. The van der Waals surface area contributed by atoms with E-state index in [-0.39, 0.29) is 6.10 Å². The van der Waals surface area contributed by atoms with Gasteiger partial charge >= 0.3 is 0 Å². The zero-order valence-corrected chi connectivity index (χ0v) is 12.0. The summed E-state index contributed by atoms with van der Waals surface area (Å²) >= 11 is 0. The minimum Gasteiger partial charge on any atom is -0.473 e. The lowest BCUT2D eigenvalue weighted by Crippen LogP contribution is -2.14. The number of hydrogen-bond acceptors (Lipinski definition) is 6. The molecule has 0 aromatic carbocycles. The van der Waals surface area contributed by atoms with Crippen molar-refractivity contribution in [3.05, 3.63) is 24.5 Å². The van der Waals surface area contributed by atoms with E-state index >= 15 is 0 Å². The smallest absolute Gasteiger partial charge is 0.242 e. The Morgan fingerprint density at radius 3 is 2.80 bits per heavy atom. The summed E-state index contributed by atoms with van der Waals surface area (Å²) in [6, 6.07) is 0. The zero-order valence-electron chi connectivity index (χ0n) is 12.0. The third-order valence-electron chi connectivity index (χ3n) is 2.76. The Morgan fingerprint density at radius 2 is 2.15 bits per heavy atom. The molecule has 108 valence electrons. The van der Waals surface area contributed by atoms with Crippen LogP contribution in [0.25, 0.3) is 0 Å². The molecule has 2 rings (SSSR count). The van der Waals surface area contributed by atoms with Crippen molar-refractivity contribution in [1.29, 1.82) is 0 Å². The first-order chi connectivity index (χ1) is 9.58. The fourth-order valence-electron chi connectivity index (χ4n) is 1.77. The van der Waals surface area contributed by atoms with Crippen LogP contribution in [0.1, 0.15) is 19.7 Å². The Balaban J connectivity index is 1.97. The average molecular weight is 276 g/mol. The summed E-state index contributed by atoms with van der Waals surface area (Å²) in [4.78, 5) is 12.4. The molecule has 0 bridgehead atoms. The van der Waals surface area contributed by atoms with Gasteiger partial charge in [-0.2, -0.15) is 4.98 Å². The van der Waals surface area contributed by atoms with Crippen molar-refractivity contribution in [2.24, 2.45) is 7.05 Å². The summed E-state index contributed by atoms with van der Waals surface area (Å²) in [5.41, 5.74) is 6.42. The third-order valence-corrected chi connectivity index (χ3v) is 2.76. The second-order valence-corrected chi connectivity index (χ2v) is 4.74. The Morgan fingerprint density at radius 1 is 1.35 bits per heavy atom. The molecule has 7 heteroatoms. The summed E-state index contributed by atoms with van der Waals surface area (Å²) in [5.74, 6) is 2.00. The summed E-state index contributed by atoms with van der Waals surface area (Å²) in [7, 11) is 1.97. The highest BCUT2D eigenvalue weighted by Gasteiger charge is 2.10. The van der Waals surface area contributed by atoms with Gasteiger partial charge in [-0.25, -0.2) is 9.97 Å². The predicted octanol–water partition coefficient (Wildman–Crippen LogP) is 1.23. The molecule has 0 saturated heterocycles. The van der Waals surface area contributed by atoms with E-state index in [0.717, 1.165) is 12.2 Å². The van der Waals surface area contributed by atoms with Crippen molar-refractivity contribution in [3.63, 3.8) is 0 Å². The van der Waals surface area contributed by atoms with Gasteiger partial charge in [-0.15, -0.1) is 0 Å². The number of nitrogens with zero attached hydrogens (tertiary/aromatic N) is 4. The number of hydrogen-bond donors (Lipinski definition) is 2. The molecule has 0 unspecified atom stereocenters. The summed E-state index contributed by atoms with van der Waals surface area (Å²) in [6.07, 6.45) is 5.95. The van der Waals surface area contributed by atoms with Gasteiger partial charge in [-0.3, -0.25) is 0 Å². The summed E-state index contributed by atoms with van der Waals surface area (Å²) in [6.45, 7) is 4.54. The maximum absolute atomic E-state index is 5.99. The van der Waals surface area contributed by atoms with Gasteiger partial charge in [0.05, 0.1) is 6.10 Å². The van der Waals surface area contributed by atoms with Gasteiger partial charge in [-0.1, -0.05) is 0 Å². The molecular formula is C13H20N6O. The molecule has 3 N–H and O–H groups in total. The number of aromatic nitrogens is 4. The highest BCUT2D eigenvalue weighted by atomic mass is 16.5. The fourth-order valence-corrected chi connectivity index (χ4v) is 1.77. The Hall–Kier alpha value is -2.31. The van der Waals surface area contributed by atoms with Gasteiger partial charge in [0.15, 0.2) is 5.82 Å². The predicted molar refractivity (Wildman–Crippen MR) is 77.6 cm³/mol. The second kappa shape index (κ2) is 6.23. The standard InChI is InChI=1S/C13H20N6O/c1-9(2)20-13-11(14)12(17-8-18-13)16-5-4-10-15-6-7-19(10)3/h6-9H,4-5,14H2,1-3H3,(H,16,17,18). The number of ether oxygens (including phenoxy) is 1. The second-order valence-electron chi connectivity index (χ2n) is 4.74. The number of aryl methyl sites for hydroxylation is 1. The van der Waals surface area contributed by atoms with Crippen LogP contribution in [0.15, 0.2) is 18.7 Å². The third kappa shape index (κ3) is 3.37. The van der Waals surface area contributed by atoms with Crippen molar-refractivity contribution in [3.8, 4) is 5.88 Å². The van der Waals surface area contributed by atoms with E-state index in [4.69, 9.17) is 10.5 Å². The van der Waals surface area contributed by atoms with E-state index in [0.29, 0.717) is 23.9 Å². The minimum absolute atomic E-state index is 0.0209. The lowest BCUT2D eigenvalue weighted by atomic mass is 10.3. The highest BCUT2D eigenvalue weighted by molar-refractivity contribution is 5.66. The molecule has 0 amide bonds. The van der Waals surface area contributed by atoms with Crippen molar-refractivity contribution >= 4 is 11.5 Å². The van der Waals surface area contributed by atoms with Crippen LogP contribution in [0.3, 0.4) is 0 Å². The quantitative estimate of drug-likeness (QED) is 0.824. The summed E-state index contributed by atoms with van der Waals surface area (Å²) in [5, 5.41) is 3.18. The molecule has 2 aromatic rings. The molecule has 2 heterocycles. The van der Waals surface area contributed by atoms with E-state index in [2.05, 4.69) is 20.3 Å². The molecule has 0 aliphatic heterocycles. The largest absolute Gasteiger partial charge is 0.473 e. The number of nitrogens with two attached hydrogens (primary N) is 1. The number of imidazole rings is 1. The number of anilines is 2. The van der Waals surface area contributed by atoms with Crippen LogP contribution in [0.4, 0.5) is 11.5 Å². The maximum atomic E-state index is 5.99. The Kier molecular flexibility index (Phi) is 4.39. The van der Waals surface area contributed by atoms with E-state index in [1.165, 1.54) is 6.33 Å². The van der Waals surface area contributed by atoms with Gasteiger partial charge in [0.2, 0.25) is 5.88 Å². The van der Waals surface area contributed by atoms with Crippen molar-refractivity contribution in [2.45, 2.75) is 26.4 Å². The molecular weight excluding hydrogens is 256 g/mol. The van der Waals surface area contributed by atoms with E-state index in [9.17, 15) is 0 Å². The molecule has 7 nitrogen and oxygen atoms in total. The van der Waals surface area contributed by atoms with Crippen LogP contribution in [0.2, 0.25) is 0 Å². The number of nitrogen functional groups attached to an aromatic ring is 1. The lowest BCUT2D eigenvalue weighted by molar-refractivity contribution is 0.234. The van der Waals surface area contributed by atoms with Gasteiger partial charge < -0.3 is 20.4 Å². The molecule has 0 atom stereocenters. The zero-order chi connectivity index (χ0) is 14.5. The first-order valence-electron chi connectivity index (χ1n) is 6.55. The fraction of sp³-hybridized carbons (Fsp3) is 0.462. The van der Waals surface area contributed by atoms with Crippen LogP contribution in [0.5, 0.6) is 5.88 Å². The van der Waals surface area contributed by atoms with Gasteiger partial charge in [-0.05, 0) is 13.8 Å². The van der Waals surface area contributed by atoms with Crippen LogP contribution in [0, 0.1) is 0 Å². The van der Waals surface area contributed by atoms with Crippen LogP contribution >= 0.6 is 0 Å². The molecule has 2 aromatic heterocycles. The first kappa shape index (κ1) is 14.1. The number of nitrogens with one attached hydrogen (secondary N) is 1. The average Bonchev–Trinajstić information content (AvgIpc) is 2.79. The molecule has 0 spiro atoms. The Labute approximate surface area is 118 Å². The van der Waals surface area contributed by atoms with Crippen LogP contribution in [-0.2, 0) is 13.5 Å². The Bertz CT molecular complexity index is 566. The molecule has 20 heavy (non-hydrogen) atoms. The van der Waals surface area contributed by atoms with Gasteiger partial charge in [0.1, 0.15) is 17.8 Å². The highest BCUT2D eigenvalue weighted by Crippen LogP contribution is 2.25. The molecule has 0 radical (unpaired) electrons. The van der Waals surface area contributed by atoms with E-state index in [1.54, 1.807) is 6.20 Å². The molecule has 0 saturated carbocycles. The summed E-state index contributed by atoms with van der Waals surface area (Å²) < 4.78 is 7.51. The first-order valence-corrected chi connectivity index (χ1v) is 6.55. The van der Waals surface area contributed by atoms with E-state index in [1.807, 2.05) is 31.7 Å². The normalized spacial score (nSPS) is 10.8. The van der Waals surface area contributed by atoms with E-state index < -0.39 is 0 Å². The van der Waals surface area contributed by atoms with Crippen LogP contribution < -0.4 is 15.8 Å². The minimum atomic E-state index is 0.0209. The maximum Gasteiger partial charge on any atom is 0.242 e. The number of rotatable bonds is 6. The van der Waals surface area contributed by atoms with Crippen LogP contribution in [-0.4, -0.2) is 32.2 Å². The van der Waals surface area contributed by atoms with Gasteiger partial charge in [0.25, 0.3) is 0 Å². The van der Waals surface area contributed by atoms with Gasteiger partial charge in [0, 0.05) is 32.4 Å². The van der Waals surface area contributed by atoms with Crippen molar-refractivity contribution in [1.82, 2.24) is 19.5 Å². The monoisotopic (exact) mass is 276 g/mol. The molecule has 0 fully saturated rings. The molecule has 0 aliphatic carbocycles. The van der Waals surface area contributed by atoms with Crippen molar-refractivity contribution < 1.29 is 4.74 Å². The van der Waals surface area contributed by atoms with Crippen molar-refractivity contribution in [2.75, 3.05) is 17.6 Å². The lowest BCUT2D eigenvalue weighted by Gasteiger charge is -2.13.